The average Bonchev–Trinajstić information content (AvgIpc) is 3.27. The summed E-state index contributed by atoms with van der Waals surface area (Å²) in [5, 5.41) is 10.3. The molecule has 3 heterocycles. The number of rotatable bonds is 5. The molecule has 1 N–H and O–H groups in total. The van der Waals surface area contributed by atoms with Crippen LogP contribution in [0.1, 0.15) is 33.4 Å². The molecule has 0 aliphatic heterocycles. The Kier molecular flexibility index (Phi) is 4.34. The summed E-state index contributed by atoms with van der Waals surface area (Å²) in [6.45, 7) is 4.80. The molecule has 25 heavy (non-hydrogen) atoms. The van der Waals surface area contributed by atoms with Crippen molar-refractivity contribution < 1.29 is 0 Å². The third-order valence-electron chi connectivity index (χ3n) is 4.31. The summed E-state index contributed by atoms with van der Waals surface area (Å²) in [4.78, 5) is 5.98. The predicted octanol–water partition coefficient (Wildman–Crippen LogP) is 4.29. The number of hydrogen-bond acceptors (Lipinski definition) is 4. The Hall–Kier alpha value is -2.50. The van der Waals surface area contributed by atoms with Crippen molar-refractivity contribution in [1.29, 1.82) is 0 Å². The Morgan fingerprint density at radius 2 is 1.96 bits per heavy atom. The fraction of sp³-hybridized carbons (Fsp3) is 0.200. The van der Waals surface area contributed by atoms with Crippen molar-refractivity contribution in [3.8, 4) is 0 Å². The largest absolute Gasteiger partial charge is 0.301 e. The molecule has 3 aromatic heterocycles. The van der Waals surface area contributed by atoms with Crippen molar-refractivity contribution in [3.05, 3.63) is 87.5 Å². The van der Waals surface area contributed by atoms with Crippen LogP contribution in [0.25, 0.3) is 5.65 Å². The summed E-state index contributed by atoms with van der Waals surface area (Å²) >= 11 is 1.77. The van der Waals surface area contributed by atoms with Crippen molar-refractivity contribution in [2.24, 2.45) is 0 Å². The van der Waals surface area contributed by atoms with Crippen molar-refractivity contribution >= 4 is 17.0 Å². The molecule has 0 saturated heterocycles. The third-order valence-corrected chi connectivity index (χ3v) is 5.25. The second-order valence-electron chi connectivity index (χ2n) is 6.18. The molecule has 4 rings (SSSR count). The van der Waals surface area contributed by atoms with Crippen LogP contribution in [0.2, 0.25) is 0 Å². The maximum Gasteiger partial charge on any atom is 0.159 e. The SMILES string of the molecule is Cc1cc(C)n2ncc(CNC(c3ccccc3)c3cccs3)c2n1. The summed E-state index contributed by atoms with van der Waals surface area (Å²) in [6, 6.07) is 17.1. The highest BCUT2D eigenvalue weighted by Crippen LogP contribution is 2.26. The van der Waals surface area contributed by atoms with Gasteiger partial charge in [-0.3, -0.25) is 0 Å². The predicted molar refractivity (Wildman–Crippen MR) is 102 cm³/mol. The van der Waals surface area contributed by atoms with Crippen LogP contribution in [0.3, 0.4) is 0 Å². The molecular weight excluding hydrogens is 328 g/mol. The van der Waals surface area contributed by atoms with Crippen LogP contribution in [0.4, 0.5) is 0 Å². The van der Waals surface area contributed by atoms with Crippen molar-refractivity contribution in [3.63, 3.8) is 0 Å². The molecule has 1 aromatic carbocycles. The van der Waals surface area contributed by atoms with Gasteiger partial charge in [-0.2, -0.15) is 5.10 Å². The number of thiophene rings is 1. The molecule has 5 heteroatoms. The summed E-state index contributed by atoms with van der Waals surface area (Å²) in [7, 11) is 0. The van der Waals surface area contributed by atoms with Gasteiger partial charge in [-0.1, -0.05) is 36.4 Å². The first-order valence-electron chi connectivity index (χ1n) is 8.35. The number of aromatic nitrogens is 3. The number of benzene rings is 1. The van der Waals surface area contributed by atoms with Gasteiger partial charge in [0.05, 0.1) is 12.2 Å². The summed E-state index contributed by atoms with van der Waals surface area (Å²) in [5.74, 6) is 0. The Bertz CT molecular complexity index is 974. The van der Waals surface area contributed by atoms with Gasteiger partial charge in [0.15, 0.2) is 5.65 Å². The van der Waals surface area contributed by atoms with E-state index in [1.54, 1.807) is 11.3 Å². The van der Waals surface area contributed by atoms with E-state index in [1.807, 2.05) is 17.6 Å². The Labute approximate surface area is 151 Å². The maximum atomic E-state index is 4.67. The van der Waals surface area contributed by atoms with Crippen LogP contribution in [0.15, 0.2) is 60.1 Å². The molecule has 126 valence electrons. The lowest BCUT2D eigenvalue weighted by Crippen LogP contribution is -2.21. The van der Waals surface area contributed by atoms with Gasteiger partial charge in [0.1, 0.15) is 0 Å². The second kappa shape index (κ2) is 6.78. The molecule has 0 saturated carbocycles. The standard InChI is InChI=1S/C20H20N4S/c1-14-11-15(2)24-20(23-14)17(13-22-24)12-21-19(18-9-6-10-25-18)16-7-4-3-5-8-16/h3-11,13,19,21H,12H2,1-2H3. The highest BCUT2D eigenvalue weighted by Gasteiger charge is 2.16. The van der Waals surface area contributed by atoms with E-state index in [2.05, 4.69) is 76.2 Å². The molecule has 0 amide bonds. The molecule has 0 bridgehead atoms. The highest BCUT2D eigenvalue weighted by atomic mass is 32.1. The zero-order valence-electron chi connectivity index (χ0n) is 14.3. The maximum absolute atomic E-state index is 4.67. The normalized spacial score (nSPS) is 12.6. The van der Waals surface area contributed by atoms with E-state index < -0.39 is 0 Å². The van der Waals surface area contributed by atoms with E-state index >= 15 is 0 Å². The summed E-state index contributed by atoms with van der Waals surface area (Å²) in [6.07, 6.45) is 1.91. The van der Waals surface area contributed by atoms with E-state index in [0.717, 1.165) is 29.1 Å². The number of aryl methyl sites for hydroxylation is 2. The zero-order valence-corrected chi connectivity index (χ0v) is 15.1. The minimum absolute atomic E-state index is 0.169. The first-order valence-corrected chi connectivity index (χ1v) is 9.23. The van der Waals surface area contributed by atoms with Gasteiger partial charge >= 0.3 is 0 Å². The van der Waals surface area contributed by atoms with E-state index in [-0.39, 0.29) is 6.04 Å². The van der Waals surface area contributed by atoms with Gasteiger partial charge in [0.25, 0.3) is 0 Å². The van der Waals surface area contributed by atoms with Gasteiger partial charge in [-0.25, -0.2) is 9.50 Å². The number of nitrogens with zero attached hydrogens (tertiary/aromatic N) is 3. The van der Waals surface area contributed by atoms with Crippen LogP contribution >= 0.6 is 11.3 Å². The molecule has 1 unspecified atom stereocenters. The summed E-state index contributed by atoms with van der Waals surface area (Å²) < 4.78 is 1.91. The van der Waals surface area contributed by atoms with Crippen LogP contribution in [-0.2, 0) is 6.54 Å². The van der Waals surface area contributed by atoms with E-state index in [0.29, 0.717) is 0 Å². The van der Waals surface area contributed by atoms with Crippen molar-refractivity contribution in [2.45, 2.75) is 26.4 Å². The minimum Gasteiger partial charge on any atom is -0.301 e. The van der Waals surface area contributed by atoms with E-state index in [1.165, 1.54) is 10.4 Å². The molecular formula is C20H20N4S. The molecule has 0 aliphatic carbocycles. The number of nitrogens with one attached hydrogen (secondary N) is 1. The van der Waals surface area contributed by atoms with Gasteiger partial charge < -0.3 is 5.32 Å². The quantitative estimate of drug-likeness (QED) is 0.585. The molecule has 4 aromatic rings. The highest BCUT2D eigenvalue weighted by molar-refractivity contribution is 7.10. The first kappa shape index (κ1) is 16.0. The number of fused-ring (bicyclic) bond motifs is 1. The Morgan fingerprint density at radius 1 is 1.12 bits per heavy atom. The fourth-order valence-electron chi connectivity index (χ4n) is 3.14. The zero-order chi connectivity index (χ0) is 17.2. The molecule has 0 spiro atoms. The molecule has 0 fully saturated rings. The van der Waals surface area contributed by atoms with Crippen LogP contribution in [0.5, 0.6) is 0 Å². The fourth-order valence-corrected chi connectivity index (χ4v) is 3.96. The molecule has 0 aliphatic rings. The lowest BCUT2D eigenvalue weighted by molar-refractivity contribution is 0.614. The number of hydrogen-bond donors (Lipinski definition) is 1. The van der Waals surface area contributed by atoms with Crippen LogP contribution in [0, 0.1) is 13.8 Å². The van der Waals surface area contributed by atoms with Crippen molar-refractivity contribution in [1.82, 2.24) is 19.9 Å². The first-order chi connectivity index (χ1) is 12.2. The summed E-state index contributed by atoms with van der Waals surface area (Å²) in [5.41, 5.74) is 5.44. The lowest BCUT2D eigenvalue weighted by Gasteiger charge is -2.17. The third kappa shape index (κ3) is 3.21. The van der Waals surface area contributed by atoms with E-state index in [4.69, 9.17) is 0 Å². The molecule has 4 nitrogen and oxygen atoms in total. The molecule has 0 radical (unpaired) electrons. The topological polar surface area (TPSA) is 42.2 Å². The van der Waals surface area contributed by atoms with Crippen LogP contribution in [-0.4, -0.2) is 14.6 Å². The minimum atomic E-state index is 0.169. The lowest BCUT2D eigenvalue weighted by atomic mass is 10.1. The van der Waals surface area contributed by atoms with Gasteiger partial charge in [0.2, 0.25) is 0 Å². The van der Waals surface area contributed by atoms with Gasteiger partial charge in [-0.15, -0.1) is 11.3 Å². The average molecular weight is 348 g/mol. The second-order valence-corrected chi connectivity index (χ2v) is 7.16. The van der Waals surface area contributed by atoms with Gasteiger partial charge in [0, 0.05) is 28.4 Å². The Balaban J connectivity index is 1.64. The molecule has 1 atom stereocenters. The monoisotopic (exact) mass is 348 g/mol. The van der Waals surface area contributed by atoms with Crippen LogP contribution < -0.4 is 5.32 Å². The van der Waals surface area contributed by atoms with Crippen molar-refractivity contribution in [2.75, 3.05) is 0 Å². The smallest absolute Gasteiger partial charge is 0.159 e. The Morgan fingerprint density at radius 3 is 2.72 bits per heavy atom. The van der Waals surface area contributed by atoms with Gasteiger partial charge in [-0.05, 0) is 36.9 Å². The van der Waals surface area contributed by atoms with E-state index in [9.17, 15) is 0 Å².